The van der Waals surface area contributed by atoms with Gasteiger partial charge in [0.1, 0.15) is 0 Å². The number of nitrogens with zero attached hydrogens (tertiary/aromatic N) is 3. The van der Waals surface area contributed by atoms with Gasteiger partial charge < -0.3 is 14.7 Å². The summed E-state index contributed by atoms with van der Waals surface area (Å²) in [7, 11) is 0. The Balaban J connectivity index is 1.25. The lowest BCUT2D eigenvalue weighted by Crippen LogP contribution is -2.60. The molecule has 3 heterocycles. The maximum atomic E-state index is 2.67. The van der Waals surface area contributed by atoms with Crippen LogP contribution in [0.5, 0.6) is 0 Å². The maximum absolute atomic E-state index is 2.67. The van der Waals surface area contributed by atoms with Crippen LogP contribution in [-0.2, 0) is 21.7 Å². The third-order valence-electron chi connectivity index (χ3n) is 16.0. The zero-order valence-corrected chi connectivity index (χ0v) is 43.9. The highest BCUT2D eigenvalue weighted by Crippen LogP contribution is 2.54. The van der Waals surface area contributed by atoms with Gasteiger partial charge in [0, 0.05) is 54.7 Å². The first kappa shape index (κ1) is 45.3. The van der Waals surface area contributed by atoms with Crippen molar-refractivity contribution in [2.75, 3.05) is 14.7 Å². The van der Waals surface area contributed by atoms with E-state index in [1.165, 1.54) is 99.7 Å². The SMILES string of the molecule is CC(C)(C)c1ccc(N2c3cc(N(c4ccccc4)c4ccccc4)cc4c3B(c3cc(-c5ccccc5)ccc3N4c3ccccc3C(C)(C)C)c3sc4cc5c(cc4c32)C(C)(C)CCC5(C)C)cc1. The van der Waals surface area contributed by atoms with Gasteiger partial charge in [-0.15, -0.1) is 11.3 Å². The minimum Gasteiger partial charge on any atom is -0.311 e. The van der Waals surface area contributed by atoms with Crippen LogP contribution >= 0.6 is 11.3 Å². The molecule has 3 nitrogen and oxygen atoms in total. The summed E-state index contributed by atoms with van der Waals surface area (Å²) in [6, 6.07) is 69.0. The second kappa shape index (κ2) is 16.4. The van der Waals surface area contributed by atoms with Gasteiger partial charge in [-0.05, 0) is 152 Å². The van der Waals surface area contributed by atoms with Gasteiger partial charge in [-0.3, -0.25) is 0 Å². The molecule has 71 heavy (non-hydrogen) atoms. The summed E-state index contributed by atoms with van der Waals surface area (Å²) in [6.45, 7) is 23.8. The summed E-state index contributed by atoms with van der Waals surface area (Å²) < 4.78 is 2.76. The van der Waals surface area contributed by atoms with Crippen LogP contribution in [0.1, 0.15) is 104 Å². The summed E-state index contributed by atoms with van der Waals surface area (Å²) in [4.78, 5) is 7.75. The predicted molar refractivity (Wildman–Crippen MR) is 309 cm³/mol. The standard InChI is InChI=1S/C66H64BN3S/c1-63(2,3)45-31-33-48(34-32-45)69-57-39-49(68(46-24-16-12-17-25-46)47-26-18-13-19-27-47)40-58-60(57)67(62-61(69)50-41-52-53(42-59(50)71-62)66(9,10)37-36-65(52,7)8)54-38-44(43-22-14-11-15-23-43)30-35-56(54)70(58)55-29-21-20-28-51(55)64(4,5)6/h11-35,38-42H,36-37H2,1-10H3. The van der Waals surface area contributed by atoms with E-state index in [1.807, 2.05) is 11.3 Å². The molecule has 0 radical (unpaired) electrons. The number of anilines is 9. The Kier molecular flexibility index (Phi) is 10.4. The normalized spacial score (nSPS) is 15.5. The topological polar surface area (TPSA) is 9.72 Å². The van der Waals surface area contributed by atoms with Crippen LogP contribution in [0.4, 0.5) is 51.2 Å². The van der Waals surface area contributed by atoms with Crippen molar-refractivity contribution in [1.82, 2.24) is 0 Å². The van der Waals surface area contributed by atoms with Crippen molar-refractivity contribution in [2.24, 2.45) is 0 Å². The van der Waals surface area contributed by atoms with E-state index in [9.17, 15) is 0 Å². The highest BCUT2D eigenvalue weighted by Gasteiger charge is 2.47. The minimum atomic E-state index is -0.129. The first-order chi connectivity index (χ1) is 34.0. The molecule has 12 rings (SSSR count). The summed E-state index contributed by atoms with van der Waals surface area (Å²) in [5.74, 6) is 0. The van der Waals surface area contributed by atoms with Gasteiger partial charge in [0.15, 0.2) is 0 Å². The second-order valence-electron chi connectivity index (χ2n) is 23.7. The van der Waals surface area contributed by atoms with Gasteiger partial charge in [0.25, 0.3) is 6.71 Å². The third-order valence-corrected chi connectivity index (χ3v) is 17.2. The molecular formula is C66H64BN3S. The molecular weight excluding hydrogens is 878 g/mol. The monoisotopic (exact) mass is 941 g/mol. The van der Waals surface area contributed by atoms with Gasteiger partial charge in [0.05, 0.1) is 11.4 Å². The molecule has 8 aromatic carbocycles. The minimum absolute atomic E-state index is 0.00920. The summed E-state index contributed by atoms with van der Waals surface area (Å²) >= 11 is 2.02. The lowest BCUT2D eigenvalue weighted by atomic mass is 9.36. The molecule has 1 aromatic heterocycles. The fourth-order valence-corrected chi connectivity index (χ4v) is 13.4. The van der Waals surface area contributed by atoms with Crippen LogP contribution in [-0.4, -0.2) is 6.71 Å². The van der Waals surface area contributed by atoms with Gasteiger partial charge in [-0.25, -0.2) is 0 Å². The van der Waals surface area contributed by atoms with Crippen molar-refractivity contribution >= 4 is 95.0 Å². The van der Waals surface area contributed by atoms with E-state index in [2.05, 4.69) is 266 Å². The van der Waals surface area contributed by atoms with E-state index in [0.717, 1.165) is 23.5 Å². The molecule has 5 heteroatoms. The van der Waals surface area contributed by atoms with E-state index < -0.39 is 0 Å². The van der Waals surface area contributed by atoms with E-state index in [1.54, 1.807) is 0 Å². The Morgan fingerprint density at radius 3 is 1.66 bits per heavy atom. The van der Waals surface area contributed by atoms with Crippen LogP contribution in [0.25, 0.3) is 21.2 Å². The number of benzene rings is 8. The number of hydrogen-bond acceptors (Lipinski definition) is 4. The maximum Gasteiger partial charge on any atom is 0.264 e. The Bertz CT molecular complexity index is 3460. The highest BCUT2D eigenvalue weighted by molar-refractivity contribution is 7.33. The van der Waals surface area contributed by atoms with E-state index >= 15 is 0 Å². The van der Waals surface area contributed by atoms with Crippen LogP contribution < -0.4 is 30.4 Å². The molecule has 0 saturated heterocycles. The van der Waals surface area contributed by atoms with E-state index in [4.69, 9.17) is 0 Å². The Labute approximate surface area is 426 Å². The summed E-state index contributed by atoms with van der Waals surface area (Å²) in [5, 5.41) is 1.34. The summed E-state index contributed by atoms with van der Waals surface area (Å²) in [6.07, 6.45) is 2.34. The van der Waals surface area contributed by atoms with E-state index in [0.29, 0.717) is 0 Å². The second-order valence-corrected chi connectivity index (χ2v) is 24.8. The van der Waals surface area contributed by atoms with Crippen molar-refractivity contribution in [3.8, 4) is 11.1 Å². The molecule has 0 saturated carbocycles. The van der Waals surface area contributed by atoms with Crippen LogP contribution in [0, 0.1) is 0 Å². The molecule has 0 bridgehead atoms. The number of thiophene rings is 1. The molecule has 0 atom stereocenters. The Morgan fingerprint density at radius 1 is 0.493 bits per heavy atom. The first-order valence-corrected chi connectivity index (χ1v) is 26.5. The summed E-state index contributed by atoms with van der Waals surface area (Å²) in [5.41, 5.74) is 21.4. The van der Waals surface area contributed by atoms with Gasteiger partial charge in [-0.1, -0.05) is 178 Å². The lowest BCUT2D eigenvalue weighted by Gasteiger charge is -2.45. The predicted octanol–water partition coefficient (Wildman–Crippen LogP) is 17.1. The molecule has 0 fully saturated rings. The fraction of sp³-hybridized carbons (Fsp3) is 0.242. The molecule has 1 aliphatic carbocycles. The van der Waals surface area contributed by atoms with Crippen molar-refractivity contribution in [3.05, 3.63) is 204 Å². The Hall–Kier alpha value is -6.82. The third kappa shape index (κ3) is 7.45. The first-order valence-electron chi connectivity index (χ1n) is 25.7. The number of para-hydroxylation sites is 3. The molecule has 2 aliphatic heterocycles. The zero-order chi connectivity index (χ0) is 49.2. The van der Waals surface area contributed by atoms with Crippen molar-refractivity contribution < 1.29 is 0 Å². The Morgan fingerprint density at radius 2 is 1.06 bits per heavy atom. The average molecular weight is 942 g/mol. The number of fused-ring (bicyclic) bond motifs is 7. The van der Waals surface area contributed by atoms with Crippen LogP contribution in [0.15, 0.2) is 182 Å². The van der Waals surface area contributed by atoms with Crippen molar-refractivity contribution in [2.45, 2.75) is 104 Å². The van der Waals surface area contributed by atoms with E-state index in [-0.39, 0.29) is 28.4 Å². The molecule has 9 aromatic rings. The van der Waals surface area contributed by atoms with Crippen LogP contribution in [0.3, 0.4) is 0 Å². The number of rotatable bonds is 6. The molecule has 0 amide bonds. The molecule has 0 spiro atoms. The highest BCUT2D eigenvalue weighted by atomic mass is 32.1. The quantitative estimate of drug-likeness (QED) is 0.154. The van der Waals surface area contributed by atoms with Crippen molar-refractivity contribution in [1.29, 1.82) is 0 Å². The fourth-order valence-electron chi connectivity index (χ4n) is 12.0. The van der Waals surface area contributed by atoms with Gasteiger partial charge in [-0.2, -0.15) is 0 Å². The number of hydrogen-bond donors (Lipinski definition) is 0. The molecule has 3 aliphatic rings. The molecule has 0 unspecified atom stereocenters. The van der Waals surface area contributed by atoms with Crippen LogP contribution in [0.2, 0.25) is 0 Å². The lowest BCUT2D eigenvalue weighted by molar-refractivity contribution is 0.332. The van der Waals surface area contributed by atoms with Crippen molar-refractivity contribution in [3.63, 3.8) is 0 Å². The van der Waals surface area contributed by atoms with Gasteiger partial charge >= 0.3 is 0 Å². The van der Waals surface area contributed by atoms with Gasteiger partial charge in [0.2, 0.25) is 0 Å². The molecule has 0 N–H and O–H groups in total. The molecule has 352 valence electrons. The zero-order valence-electron chi connectivity index (χ0n) is 43.1. The average Bonchev–Trinajstić information content (AvgIpc) is 3.73. The largest absolute Gasteiger partial charge is 0.311 e. The smallest absolute Gasteiger partial charge is 0.264 e.